The van der Waals surface area contributed by atoms with Gasteiger partial charge in [-0.05, 0) is 29.5 Å². The first kappa shape index (κ1) is 13.4. The van der Waals surface area contributed by atoms with Crippen molar-refractivity contribution < 1.29 is 0 Å². The van der Waals surface area contributed by atoms with Crippen molar-refractivity contribution in [1.29, 1.82) is 0 Å². The molecular weight excluding hydrogens is 228 g/mol. The van der Waals surface area contributed by atoms with Crippen LogP contribution in [0, 0.1) is 11.8 Å². The lowest BCUT2D eigenvalue weighted by Crippen LogP contribution is -1.91. The summed E-state index contributed by atoms with van der Waals surface area (Å²) in [5.74, 6) is 7.14. The highest BCUT2D eigenvalue weighted by molar-refractivity contribution is 5.42. The molecule has 2 rings (SSSR count). The Balaban J connectivity index is 2.01. The summed E-state index contributed by atoms with van der Waals surface area (Å²) < 4.78 is 0. The Morgan fingerprint density at radius 2 is 1.58 bits per heavy atom. The van der Waals surface area contributed by atoms with Gasteiger partial charge in [0.1, 0.15) is 0 Å². The molecule has 0 saturated heterocycles. The van der Waals surface area contributed by atoms with Crippen molar-refractivity contribution in [2.45, 2.75) is 32.6 Å². The molecule has 0 aliphatic rings. The van der Waals surface area contributed by atoms with Crippen LogP contribution < -0.4 is 0 Å². The van der Waals surface area contributed by atoms with Crippen molar-refractivity contribution in [1.82, 2.24) is 0 Å². The fourth-order valence-electron chi connectivity index (χ4n) is 2.12. The van der Waals surface area contributed by atoms with E-state index in [9.17, 15) is 0 Å². The van der Waals surface area contributed by atoms with Crippen LogP contribution in [0.3, 0.4) is 0 Å². The predicted octanol–water partition coefficient (Wildman–Crippen LogP) is 4.79. The Hall–Kier alpha value is -2.00. The molecule has 0 amide bonds. The lowest BCUT2D eigenvalue weighted by Gasteiger charge is -2.07. The summed E-state index contributed by atoms with van der Waals surface area (Å²) in [6.07, 6.45) is 1.94. The molecule has 96 valence electrons. The zero-order chi connectivity index (χ0) is 13.5. The molecule has 0 atom stereocenters. The van der Waals surface area contributed by atoms with Crippen molar-refractivity contribution >= 4 is 0 Å². The van der Waals surface area contributed by atoms with Gasteiger partial charge in [-0.25, -0.2) is 0 Å². The predicted molar refractivity (Wildman–Crippen MR) is 82.2 cm³/mol. The highest BCUT2D eigenvalue weighted by atomic mass is 14.1. The largest absolute Gasteiger partial charge is 0.0975 e. The molecule has 0 aromatic heterocycles. The standard InChI is InChI=1S/C19H20/c1-16(2)19-15-9-8-14-18(19)13-7-6-12-17-10-4-3-5-11-17/h3-5,8-11,14-16H,6,12H2,1-2H3. The second-order valence-corrected chi connectivity index (χ2v) is 5.03. The normalized spacial score (nSPS) is 10.1. The Labute approximate surface area is 116 Å². The minimum atomic E-state index is 0.527. The topological polar surface area (TPSA) is 0 Å². The van der Waals surface area contributed by atoms with E-state index in [1.165, 1.54) is 16.7 Å². The average molecular weight is 248 g/mol. The third-order valence-electron chi connectivity index (χ3n) is 3.19. The molecule has 0 aliphatic heterocycles. The average Bonchev–Trinajstić information content (AvgIpc) is 2.45. The van der Waals surface area contributed by atoms with E-state index in [0.29, 0.717) is 5.92 Å². The van der Waals surface area contributed by atoms with E-state index in [-0.39, 0.29) is 0 Å². The number of benzene rings is 2. The van der Waals surface area contributed by atoms with Crippen LogP contribution in [-0.2, 0) is 6.42 Å². The Morgan fingerprint density at radius 1 is 0.895 bits per heavy atom. The lowest BCUT2D eigenvalue weighted by molar-refractivity contribution is 0.863. The smallest absolute Gasteiger partial charge is 0.0279 e. The Bertz CT molecular complexity index is 568. The third kappa shape index (κ3) is 4.00. The first-order valence-electron chi connectivity index (χ1n) is 6.89. The zero-order valence-electron chi connectivity index (χ0n) is 11.7. The molecule has 2 aromatic rings. The van der Waals surface area contributed by atoms with Crippen molar-refractivity contribution in [3.63, 3.8) is 0 Å². The third-order valence-corrected chi connectivity index (χ3v) is 3.19. The molecular formula is C19H20. The quantitative estimate of drug-likeness (QED) is 0.685. The molecule has 0 unspecified atom stereocenters. The van der Waals surface area contributed by atoms with Gasteiger partial charge in [-0.1, -0.05) is 74.2 Å². The number of hydrogen-bond donors (Lipinski definition) is 0. The van der Waals surface area contributed by atoms with E-state index in [4.69, 9.17) is 0 Å². The van der Waals surface area contributed by atoms with Crippen molar-refractivity contribution in [2.75, 3.05) is 0 Å². The van der Waals surface area contributed by atoms with Crippen molar-refractivity contribution in [3.8, 4) is 11.8 Å². The van der Waals surface area contributed by atoms with Gasteiger partial charge in [0.2, 0.25) is 0 Å². The van der Waals surface area contributed by atoms with E-state index in [2.05, 4.69) is 74.2 Å². The van der Waals surface area contributed by atoms with Crippen LogP contribution in [0.2, 0.25) is 0 Å². The van der Waals surface area contributed by atoms with Crippen molar-refractivity contribution in [3.05, 3.63) is 71.3 Å². The summed E-state index contributed by atoms with van der Waals surface area (Å²) in [6.45, 7) is 4.43. The van der Waals surface area contributed by atoms with Gasteiger partial charge in [-0.3, -0.25) is 0 Å². The Kier molecular flexibility index (Phi) is 4.81. The van der Waals surface area contributed by atoms with Crippen LogP contribution in [-0.4, -0.2) is 0 Å². The number of hydrogen-bond acceptors (Lipinski definition) is 0. The summed E-state index contributed by atoms with van der Waals surface area (Å²) in [5.41, 5.74) is 3.87. The minimum Gasteiger partial charge on any atom is -0.0975 e. The SMILES string of the molecule is CC(C)c1ccccc1C#CCCc1ccccc1. The molecule has 0 radical (unpaired) electrons. The summed E-state index contributed by atoms with van der Waals surface area (Å²) in [5, 5.41) is 0. The molecule has 0 N–H and O–H groups in total. The second kappa shape index (κ2) is 6.81. The van der Waals surface area contributed by atoms with E-state index in [1.54, 1.807) is 0 Å². The monoisotopic (exact) mass is 248 g/mol. The van der Waals surface area contributed by atoms with Gasteiger partial charge in [0.25, 0.3) is 0 Å². The fraction of sp³-hybridized carbons (Fsp3) is 0.263. The van der Waals surface area contributed by atoms with Gasteiger partial charge in [0.05, 0.1) is 0 Å². The van der Waals surface area contributed by atoms with Crippen LogP contribution in [0.25, 0.3) is 0 Å². The second-order valence-electron chi connectivity index (χ2n) is 5.03. The maximum atomic E-state index is 3.31. The molecule has 0 fully saturated rings. The van der Waals surface area contributed by atoms with E-state index >= 15 is 0 Å². The van der Waals surface area contributed by atoms with E-state index in [1.807, 2.05) is 6.07 Å². The van der Waals surface area contributed by atoms with Crippen molar-refractivity contribution in [2.24, 2.45) is 0 Å². The molecule has 0 spiro atoms. The fourth-order valence-corrected chi connectivity index (χ4v) is 2.12. The van der Waals surface area contributed by atoms with Gasteiger partial charge in [0, 0.05) is 12.0 Å². The first-order valence-corrected chi connectivity index (χ1v) is 6.89. The van der Waals surface area contributed by atoms with E-state index in [0.717, 1.165) is 12.8 Å². The summed E-state index contributed by atoms with van der Waals surface area (Å²) in [7, 11) is 0. The van der Waals surface area contributed by atoms with Gasteiger partial charge in [0.15, 0.2) is 0 Å². The zero-order valence-corrected chi connectivity index (χ0v) is 11.7. The van der Waals surface area contributed by atoms with Crippen LogP contribution in [0.4, 0.5) is 0 Å². The van der Waals surface area contributed by atoms with Gasteiger partial charge in [-0.15, -0.1) is 0 Å². The lowest BCUT2D eigenvalue weighted by atomic mass is 9.97. The molecule has 0 bridgehead atoms. The molecule has 0 nitrogen and oxygen atoms in total. The van der Waals surface area contributed by atoms with Crippen LogP contribution in [0.5, 0.6) is 0 Å². The highest BCUT2D eigenvalue weighted by Gasteiger charge is 2.02. The first-order chi connectivity index (χ1) is 9.27. The molecule has 0 heteroatoms. The van der Waals surface area contributed by atoms with Gasteiger partial charge < -0.3 is 0 Å². The van der Waals surface area contributed by atoms with Gasteiger partial charge in [-0.2, -0.15) is 0 Å². The maximum Gasteiger partial charge on any atom is 0.0279 e. The number of aryl methyl sites for hydroxylation is 1. The maximum absolute atomic E-state index is 3.31. The molecule has 2 aromatic carbocycles. The molecule has 0 aliphatic carbocycles. The van der Waals surface area contributed by atoms with Gasteiger partial charge >= 0.3 is 0 Å². The molecule has 0 saturated carbocycles. The summed E-state index contributed by atoms with van der Waals surface area (Å²) in [4.78, 5) is 0. The highest BCUT2D eigenvalue weighted by Crippen LogP contribution is 2.18. The van der Waals surface area contributed by atoms with E-state index < -0.39 is 0 Å². The Morgan fingerprint density at radius 3 is 2.32 bits per heavy atom. The summed E-state index contributed by atoms with van der Waals surface area (Å²) in [6, 6.07) is 19.0. The van der Waals surface area contributed by atoms with Crippen LogP contribution >= 0.6 is 0 Å². The number of rotatable bonds is 3. The molecule has 0 heterocycles. The van der Waals surface area contributed by atoms with Crippen LogP contribution in [0.1, 0.15) is 42.9 Å². The minimum absolute atomic E-state index is 0.527. The molecule has 19 heavy (non-hydrogen) atoms. The van der Waals surface area contributed by atoms with Crippen LogP contribution in [0.15, 0.2) is 54.6 Å². The summed E-state index contributed by atoms with van der Waals surface area (Å²) >= 11 is 0.